The third-order valence-electron chi connectivity index (χ3n) is 3.33. The number of carbonyl (C=O) groups is 1. The van der Waals surface area contributed by atoms with Crippen LogP contribution in [0.4, 0.5) is 0 Å². The zero-order valence-electron chi connectivity index (χ0n) is 11.0. The molecule has 1 saturated carbocycles. The molecule has 0 bridgehead atoms. The Kier molecular flexibility index (Phi) is 3.94. The summed E-state index contributed by atoms with van der Waals surface area (Å²) in [5.74, 6) is 1.25. The van der Waals surface area contributed by atoms with E-state index in [9.17, 15) is 4.79 Å². The molecule has 18 heavy (non-hydrogen) atoms. The Hall–Kier alpha value is -1.04. The van der Waals surface area contributed by atoms with E-state index in [2.05, 4.69) is 35.5 Å². The van der Waals surface area contributed by atoms with Gasteiger partial charge in [0, 0.05) is 12.0 Å². The Balaban J connectivity index is 2.25. The number of nitrogens with zero attached hydrogens (tertiary/aromatic N) is 3. The lowest BCUT2D eigenvalue weighted by Gasteiger charge is -2.21. The first kappa shape index (κ1) is 13.4. The lowest BCUT2D eigenvalue weighted by Crippen LogP contribution is -2.16. The van der Waals surface area contributed by atoms with E-state index in [1.54, 1.807) is 0 Å². The summed E-state index contributed by atoms with van der Waals surface area (Å²) in [4.78, 5) is 10.7. The monoisotopic (exact) mass is 269 g/mol. The van der Waals surface area contributed by atoms with Crippen LogP contribution in [0.25, 0.3) is 0 Å². The Labute approximate surface area is 111 Å². The summed E-state index contributed by atoms with van der Waals surface area (Å²) in [5, 5.41) is 17.9. The van der Waals surface area contributed by atoms with E-state index in [4.69, 9.17) is 5.11 Å². The molecule has 2 rings (SSSR count). The normalized spacial score (nSPS) is 17.1. The minimum atomic E-state index is -0.820. The molecule has 0 radical (unpaired) electrons. The molecule has 0 aliphatic heterocycles. The van der Waals surface area contributed by atoms with E-state index < -0.39 is 5.97 Å². The lowest BCUT2D eigenvalue weighted by atomic mass is 10.1. The molecule has 0 saturated heterocycles. The molecule has 0 amide bonds. The SMILES string of the molecule is CC(C)C(C)n1c(SCC(=O)O)nnc1C1CC1. The van der Waals surface area contributed by atoms with E-state index in [0.29, 0.717) is 17.9 Å². The zero-order valence-corrected chi connectivity index (χ0v) is 11.8. The second kappa shape index (κ2) is 5.30. The van der Waals surface area contributed by atoms with Crippen LogP contribution >= 0.6 is 11.8 Å². The van der Waals surface area contributed by atoms with Crippen molar-refractivity contribution in [1.82, 2.24) is 14.8 Å². The maximum absolute atomic E-state index is 10.7. The van der Waals surface area contributed by atoms with Crippen molar-refractivity contribution in [2.75, 3.05) is 5.75 Å². The molecule has 5 nitrogen and oxygen atoms in total. The molecule has 1 atom stereocenters. The van der Waals surface area contributed by atoms with Gasteiger partial charge in [-0.15, -0.1) is 10.2 Å². The van der Waals surface area contributed by atoms with E-state index in [1.807, 2.05) is 0 Å². The Bertz CT molecular complexity index is 441. The van der Waals surface area contributed by atoms with Crippen LogP contribution < -0.4 is 0 Å². The molecule has 1 aliphatic rings. The summed E-state index contributed by atoms with van der Waals surface area (Å²) >= 11 is 1.26. The summed E-state index contributed by atoms with van der Waals surface area (Å²) in [6, 6.07) is 0.298. The fourth-order valence-corrected chi connectivity index (χ4v) is 2.56. The number of hydrogen-bond donors (Lipinski definition) is 1. The van der Waals surface area contributed by atoms with E-state index in [0.717, 1.165) is 11.0 Å². The van der Waals surface area contributed by atoms with Gasteiger partial charge in [-0.3, -0.25) is 4.79 Å². The first-order valence-electron chi connectivity index (χ1n) is 6.30. The molecular formula is C12H19N3O2S. The highest BCUT2D eigenvalue weighted by molar-refractivity contribution is 7.99. The van der Waals surface area contributed by atoms with Gasteiger partial charge in [-0.05, 0) is 25.7 Å². The molecule has 1 aromatic rings. The number of carboxylic acids is 1. The van der Waals surface area contributed by atoms with Crippen LogP contribution in [0.5, 0.6) is 0 Å². The lowest BCUT2D eigenvalue weighted by molar-refractivity contribution is -0.133. The van der Waals surface area contributed by atoms with Gasteiger partial charge in [-0.25, -0.2) is 0 Å². The molecule has 1 aromatic heterocycles. The van der Waals surface area contributed by atoms with Gasteiger partial charge in [0.2, 0.25) is 0 Å². The van der Waals surface area contributed by atoms with Gasteiger partial charge < -0.3 is 9.67 Å². The minimum absolute atomic E-state index is 0.0353. The van der Waals surface area contributed by atoms with Gasteiger partial charge in [0.1, 0.15) is 5.82 Å². The number of aromatic nitrogens is 3. The van der Waals surface area contributed by atoms with Crippen molar-refractivity contribution in [1.29, 1.82) is 0 Å². The molecular weight excluding hydrogens is 250 g/mol. The average Bonchev–Trinajstić information content (AvgIpc) is 3.06. The molecule has 0 spiro atoms. The highest BCUT2D eigenvalue weighted by atomic mass is 32.2. The molecule has 1 unspecified atom stereocenters. The third kappa shape index (κ3) is 2.85. The fraction of sp³-hybridized carbons (Fsp3) is 0.750. The second-order valence-electron chi connectivity index (χ2n) is 5.15. The smallest absolute Gasteiger partial charge is 0.313 e. The quantitative estimate of drug-likeness (QED) is 0.804. The largest absolute Gasteiger partial charge is 0.481 e. The first-order valence-corrected chi connectivity index (χ1v) is 7.28. The highest BCUT2D eigenvalue weighted by Gasteiger charge is 2.32. The predicted octanol–water partition coefficient (Wildman–Crippen LogP) is 2.55. The number of aliphatic carboxylic acids is 1. The summed E-state index contributed by atoms with van der Waals surface area (Å²) in [6.07, 6.45) is 2.35. The van der Waals surface area contributed by atoms with Gasteiger partial charge in [-0.1, -0.05) is 25.6 Å². The van der Waals surface area contributed by atoms with E-state index >= 15 is 0 Å². The molecule has 1 N–H and O–H groups in total. The van der Waals surface area contributed by atoms with Gasteiger partial charge in [0.25, 0.3) is 0 Å². The van der Waals surface area contributed by atoms with Crippen LogP contribution in [0.2, 0.25) is 0 Å². The van der Waals surface area contributed by atoms with Crippen molar-refractivity contribution in [2.24, 2.45) is 5.92 Å². The van der Waals surface area contributed by atoms with Crippen molar-refractivity contribution >= 4 is 17.7 Å². The second-order valence-corrected chi connectivity index (χ2v) is 6.09. The van der Waals surface area contributed by atoms with Crippen LogP contribution in [0.15, 0.2) is 5.16 Å². The summed E-state index contributed by atoms with van der Waals surface area (Å²) in [6.45, 7) is 6.46. The van der Waals surface area contributed by atoms with Crippen molar-refractivity contribution in [3.05, 3.63) is 5.82 Å². The van der Waals surface area contributed by atoms with Crippen LogP contribution in [0.1, 0.15) is 51.4 Å². The number of rotatable bonds is 6. The predicted molar refractivity (Wildman–Crippen MR) is 69.9 cm³/mol. The van der Waals surface area contributed by atoms with Gasteiger partial charge in [0.05, 0.1) is 5.75 Å². The van der Waals surface area contributed by atoms with Crippen molar-refractivity contribution in [3.63, 3.8) is 0 Å². The van der Waals surface area contributed by atoms with E-state index in [1.165, 1.54) is 24.6 Å². The summed E-state index contributed by atoms with van der Waals surface area (Å²) < 4.78 is 2.13. The maximum atomic E-state index is 10.7. The Morgan fingerprint density at radius 3 is 2.61 bits per heavy atom. The minimum Gasteiger partial charge on any atom is -0.481 e. The summed E-state index contributed by atoms with van der Waals surface area (Å²) in [7, 11) is 0. The maximum Gasteiger partial charge on any atom is 0.313 e. The third-order valence-corrected chi connectivity index (χ3v) is 4.26. The zero-order chi connectivity index (χ0) is 13.3. The van der Waals surface area contributed by atoms with Gasteiger partial charge in [-0.2, -0.15) is 0 Å². The van der Waals surface area contributed by atoms with Crippen molar-refractivity contribution in [2.45, 2.75) is 50.7 Å². The van der Waals surface area contributed by atoms with Crippen LogP contribution in [-0.2, 0) is 4.79 Å². The number of hydrogen-bond acceptors (Lipinski definition) is 4. The molecule has 0 aromatic carbocycles. The molecule has 1 aliphatic carbocycles. The molecule has 1 heterocycles. The van der Waals surface area contributed by atoms with Crippen molar-refractivity contribution in [3.8, 4) is 0 Å². The van der Waals surface area contributed by atoms with Crippen LogP contribution in [0, 0.1) is 5.92 Å². The first-order chi connectivity index (χ1) is 8.50. The number of carboxylic acid groups (broad SMARTS) is 1. The van der Waals surface area contributed by atoms with Gasteiger partial charge >= 0.3 is 5.97 Å². The highest BCUT2D eigenvalue weighted by Crippen LogP contribution is 2.41. The van der Waals surface area contributed by atoms with E-state index in [-0.39, 0.29) is 5.75 Å². The molecule has 6 heteroatoms. The Morgan fingerprint density at radius 2 is 2.11 bits per heavy atom. The summed E-state index contributed by atoms with van der Waals surface area (Å²) in [5.41, 5.74) is 0. The molecule has 100 valence electrons. The number of thioether (sulfide) groups is 1. The topological polar surface area (TPSA) is 68.0 Å². The average molecular weight is 269 g/mol. The Morgan fingerprint density at radius 1 is 1.44 bits per heavy atom. The fourth-order valence-electron chi connectivity index (χ4n) is 1.81. The van der Waals surface area contributed by atoms with Crippen LogP contribution in [-0.4, -0.2) is 31.6 Å². The molecule has 1 fully saturated rings. The van der Waals surface area contributed by atoms with Crippen LogP contribution in [0.3, 0.4) is 0 Å². The standard InChI is InChI=1S/C12H19N3O2S/c1-7(2)8(3)15-11(9-4-5-9)13-14-12(15)18-6-10(16)17/h7-9H,4-6H2,1-3H3,(H,16,17). The van der Waals surface area contributed by atoms with Crippen molar-refractivity contribution < 1.29 is 9.90 Å². The van der Waals surface area contributed by atoms with Gasteiger partial charge in [0.15, 0.2) is 5.16 Å².